The summed E-state index contributed by atoms with van der Waals surface area (Å²) in [5.74, 6) is 2.99. The molecule has 0 bridgehead atoms. The molecule has 140 valence electrons. The van der Waals surface area contributed by atoms with Crippen molar-refractivity contribution in [3.63, 3.8) is 0 Å². The number of anilines is 2. The van der Waals surface area contributed by atoms with Crippen molar-refractivity contribution < 1.29 is 0 Å². The Morgan fingerprint density at radius 3 is 2.48 bits per heavy atom. The third kappa shape index (κ3) is 2.83. The molecule has 2 fully saturated rings. The summed E-state index contributed by atoms with van der Waals surface area (Å²) < 4.78 is 3.39. The number of hydrogen-bond donors (Lipinski definition) is 0. The number of fused-ring (bicyclic) bond motifs is 1. The normalized spacial score (nSPS) is 18.1. The fraction of sp³-hybridized carbons (Fsp3) is 0.500. The van der Waals surface area contributed by atoms with Crippen molar-refractivity contribution >= 4 is 17.3 Å². The van der Waals surface area contributed by atoms with E-state index in [1.54, 1.807) is 19.4 Å². The summed E-state index contributed by atoms with van der Waals surface area (Å²) in [6, 6.07) is 5.63. The average molecular weight is 366 g/mol. The van der Waals surface area contributed by atoms with Crippen LogP contribution in [0.3, 0.4) is 0 Å². The highest BCUT2D eigenvalue weighted by Gasteiger charge is 2.26. The van der Waals surface area contributed by atoms with Crippen molar-refractivity contribution in [1.82, 2.24) is 29.4 Å². The molecule has 2 aliphatic rings. The number of aryl methyl sites for hydroxylation is 1. The van der Waals surface area contributed by atoms with Gasteiger partial charge in [0.25, 0.3) is 5.56 Å². The van der Waals surface area contributed by atoms with Gasteiger partial charge in [-0.15, -0.1) is 15.3 Å². The monoisotopic (exact) mass is 366 g/mol. The molecule has 3 aromatic heterocycles. The zero-order valence-electron chi connectivity index (χ0n) is 15.3. The largest absolute Gasteiger partial charge is 0.356 e. The van der Waals surface area contributed by atoms with E-state index in [2.05, 4.69) is 25.0 Å². The predicted molar refractivity (Wildman–Crippen MR) is 101 cm³/mol. The Morgan fingerprint density at radius 2 is 1.78 bits per heavy atom. The van der Waals surface area contributed by atoms with Crippen molar-refractivity contribution in [3.05, 3.63) is 40.7 Å². The summed E-state index contributed by atoms with van der Waals surface area (Å²) in [5, 5.41) is 13.5. The van der Waals surface area contributed by atoms with E-state index >= 15 is 0 Å². The second-order valence-electron chi connectivity index (χ2n) is 7.32. The van der Waals surface area contributed by atoms with E-state index in [1.165, 1.54) is 11.0 Å². The smallest absolute Gasteiger partial charge is 0.255 e. The highest BCUT2D eigenvalue weighted by Crippen LogP contribution is 2.29. The van der Waals surface area contributed by atoms with Gasteiger partial charge < -0.3 is 14.4 Å². The van der Waals surface area contributed by atoms with Crippen LogP contribution in [0.1, 0.15) is 31.0 Å². The first-order valence-electron chi connectivity index (χ1n) is 9.44. The number of piperidine rings is 1. The van der Waals surface area contributed by atoms with Gasteiger partial charge in [0, 0.05) is 45.2 Å². The SMILES string of the molecule is Cn1cnc(N2CCC(c3nnc4ccc(N5CCC5)nn34)CC2)cc1=O. The number of aromatic nitrogens is 6. The molecule has 2 saturated heterocycles. The van der Waals surface area contributed by atoms with Crippen LogP contribution in [0.2, 0.25) is 0 Å². The van der Waals surface area contributed by atoms with Crippen LogP contribution in [-0.4, -0.2) is 55.5 Å². The van der Waals surface area contributed by atoms with Gasteiger partial charge in [0.2, 0.25) is 0 Å². The maximum Gasteiger partial charge on any atom is 0.255 e. The van der Waals surface area contributed by atoms with Crippen LogP contribution in [0.25, 0.3) is 5.65 Å². The van der Waals surface area contributed by atoms with Gasteiger partial charge in [-0.25, -0.2) is 4.98 Å². The predicted octanol–water partition coefficient (Wildman–Crippen LogP) is 0.812. The summed E-state index contributed by atoms with van der Waals surface area (Å²) in [4.78, 5) is 20.7. The summed E-state index contributed by atoms with van der Waals surface area (Å²) in [7, 11) is 1.71. The van der Waals surface area contributed by atoms with Gasteiger partial charge in [0.15, 0.2) is 11.5 Å². The fourth-order valence-corrected chi connectivity index (χ4v) is 3.76. The lowest BCUT2D eigenvalue weighted by Crippen LogP contribution is -2.38. The van der Waals surface area contributed by atoms with Crippen LogP contribution < -0.4 is 15.4 Å². The van der Waals surface area contributed by atoms with Crippen molar-refractivity contribution in [3.8, 4) is 0 Å². The Kier molecular flexibility index (Phi) is 3.80. The Hall–Kier alpha value is -2.97. The zero-order chi connectivity index (χ0) is 18.4. The summed E-state index contributed by atoms with van der Waals surface area (Å²) in [6.45, 7) is 3.81. The van der Waals surface area contributed by atoms with Gasteiger partial charge in [0.05, 0.1) is 6.33 Å². The molecule has 9 heteroatoms. The molecule has 9 nitrogen and oxygen atoms in total. The van der Waals surface area contributed by atoms with Crippen LogP contribution in [0.5, 0.6) is 0 Å². The third-order valence-corrected chi connectivity index (χ3v) is 5.60. The third-order valence-electron chi connectivity index (χ3n) is 5.60. The highest BCUT2D eigenvalue weighted by molar-refractivity contribution is 5.47. The maximum absolute atomic E-state index is 11.9. The zero-order valence-corrected chi connectivity index (χ0v) is 15.3. The molecule has 2 aliphatic heterocycles. The van der Waals surface area contributed by atoms with Crippen LogP contribution in [0, 0.1) is 0 Å². The minimum atomic E-state index is -0.0340. The quantitative estimate of drug-likeness (QED) is 0.678. The van der Waals surface area contributed by atoms with E-state index < -0.39 is 0 Å². The number of hydrogen-bond acceptors (Lipinski definition) is 7. The summed E-state index contributed by atoms with van der Waals surface area (Å²) >= 11 is 0. The van der Waals surface area contributed by atoms with Crippen molar-refractivity contribution in [1.29, 1.82) is 0 Å². The molecule has 0 unspecified atom stereocenters. The Morgan fingerprint density at radius 1 is 1.00 bits per heavy atom. The molecule has 0 aromatic carbocycles. The first kappa shape index (κ1) is 16.2. The topological polar surface area (TPSA) is 84.5 Å². The van der Waals surface area contributed by atoms with Crippen molar-refractivity contribution in [2.75, 3.05) is 36.0 Å². The molecule has 0 radical (unpaired) electrons. The average Bonchev–Trinajstić information content (AvgIpc) is 3.06. The lowest BCUT2D eigenvalue weighted by atomic mass is 9.96. The van der Waals surface area contributed by atoms with E-state index in [-0.39, 0.29) is 5.56 Å². The van der Waals surface area contributed by atoms with Crippen molar-refractivity contribution in [2.24, 2.45) is 7.05 Å². The van der Waals surface area contributed by atoms with Gasteiger partial charge in [-0.05, 0) is 31.4 Å². The summed E-state index contributed by atoms with van der Waals surface area (Å²) in [5.41, 5.74) is 0.762. The van der Waals surface area contributed by atoms with Crippen molar-refractivity contribution in [2.45, 2.75) is 25.2 Å². The van der Waals surface area contributed by atoms with E-state index in [0.717, 1.165) is 62.1 Å². The molecular formula is C18H22N8O. The first-order valence-corrected chi connectivity index (χ1v) is 9.44. The first-order chi connectivity index (χ1) is 13.2. The standard InChI is InChI=1S/C18H22N8O/c1-23-12-19-16(11-17(23)27)25-9-5-13(6-10-25)18-21-20-14-3-4-15(22-26(14)18)24-7-2-8-24/h3-4,11-13H,2,5-10H2,1H3. The second kappa shape index (κ2) is 6.33. The van der Waals surface area contributed by atoms with E-state index in [1.807, 2.05) is 16.6 Å². The molecular weight excluding hydrogens is 344 g/mol. The molecule has 3 aromatic rings. The van der Waals surface area contributed by atoms with E-state index in [4.69, 9.17) is 5.10 Å². The Bertz CT molecular complexity index is 1030. The molecule has 0 amide bonds. The lowest BCUT2D eigenvalue weighted by Gasteiger charge is -2.32. The molecule has 0 spiro atoms. The lowest BCUT2D eigenvalue weighted by molar-refractivity contribution is 0.474. The Labute approximate surface area is 156 Å². The van der Waals surface area contributed by atoms with Gasteiger partial charge in [-0.2, -0.15) is 4.52 Å². The minimum Gasteiger partial charge on any atom is -0.356 e. The molecule has 0 saturated carbocycles. The maximum atomic E-state index is 11.9. The Balaban J connectivity index is 1.35. The second-order valence-corrected chi connectivity index (χ2v) is 7.32. The van der Waals surface area contributed by atoms with Gasteiger partial charge in [-0.1, -0.05) is 0 Å². The van der Waals surface area contributed by atoms with Crippen LogP contribution >= 0.6 is 0 Å². The van der Waals surface area contributed by atoms with E-state index in [9.17, 15) is 4.79 Å². The van der Waals surface area contributed by atoms with E-state index in [0.29, 0.717) is 5.92 Å². The highest BCUT2D eigenvalue weighted by atomic mass is 16.1. The van der Waals surface area contributed by atoms with Crippen LogP contribution in [0.15, 0.2) is 29.3 Å². The number of rotatable bonds is 3. The van der Waals surface area contributed by atoms with Gasteiger partial charge in [0.1, 0.15) is 11.6 Å². The summed E-state index contributed by atoms with van der Waals surface area (Å²) in [6.07, 6.45) is 4.68. The van der Waals surface area contributed by atoms with Crippen LogP contribution in [0.4, 0.5) is 11.6 Å². The molecule has 27 heavy (non-hydrogen) atoms. The molecule has 0 atom stereocenters. The molecule has 0 aliphatic carbocycles. The molecule has 5 heterocycles. The molecule has 0 N–H and O–H groups in total. The minimum absolute atomic E-state index is 0.0340. The van der Waals surface area contributed by atoms with Crippen LogP contribution in [-0.2, 0) is 7.05 Å². The number of nitrogens with zero attached hydrogens (tertiary/aromatic N) is 8. The fourth-order valence-electron chi connectivity index (χ4n) is 3.76. The van der Waals surface area contributed by atoms with Gasteiger partial charge >= 0.3 is 0 Å². The molecule has 5 rings (SSSR count). The van der Waals surface area contributed by atoms with Gasteiger partial charge in [-0.3, -0.25) is 4.79 Å².